The van der Waals surface area contributed by atoms with Gasteiger partial charge in [-0.3, -0.25) is 14.4 Å². The summed E-state index contributed by atoms with van der Waals surface area (Å²) >= 11 is 0. The van der Waals surface area contributed by atoms with Crippen LogP contribution in [0.5, 0.6) is 0 Å². The van der Waals surface area contributed by atoms with Crippen LogP contribution >= 0.6 is 0 Å². The zero-order valence-electron chi connectivity index (χ0n) is 18.2. The number of carbonyl (C=O) groups excluding carboxylic acids is 3. The van der Waals surface area contributed by atoms with Gasteiger partial charge in [0.25, 0.3) is 0 Å². The lowest BCUT2D eigenvalue weighted by atomic mass is 9.84. The van der Waals surface area contributed by atoms with Crippen molar-refractivity contribution in [1.82, 2.24) is 10.6 Å². The zero-order valence-corrected chi connectivity index (χ0v) is 18.2. The Morgan fingerprint density at radius 1 is 0.818 bits per heavy atom. The van der Waals surface area contributed by atoms with E-state index in [1.807, 2.05) is 60.7 Å². The fourth-order valence-electron chi connectivity index (χ4n) is 3.78. The van der Waals surface area contributed by atoms with Crippen LogP contribution in [-0.2, 0) is 20.8 Å². The fraction of sp³-hybridized carbons (Fsp3) is 0.192. The summed E-state index contributed by atoms with van der Waals surface area (Å²) in [6.07, 6.45) is 0.124. The van der Waals surface area contributed by atoms with Crippen molar-refractivity contribution >= 4 is 17.7 Å². The fourth-order valence-corrected chi connectivity index (χ4v) is 3.78. The Bertz CT molecular complexity index is 1050. The van der Waals surface area contributed by atoms with Crippen LogP contribution in [0.15, 0.2) is 84.9 Å². The van der Waals surface area contributed by atoms with Crippen molar-refractivity contribution in [3.05, 3.63) is 107 Å². The lowest BCUT2D eigenvalue weighted by Crippen LogP contribution is -2.55. The molecule has 0 fully saturated rings. The summed E-state index contributed by atoms with van der Waals surface area (Å²) in [7, 11) is 0. The minimum Gasteiger partial charge on any atom is -0.368 e. The number of primary amides is 1. The Balaban J connectivity index is 1.91. The van der Waals surface area contributed by atoms with Crippen molar-refractivity contribution < 1.29 is 18.8 Å². The number of benzene rings is 3. The van der Waals surface area contributed by atoms with Crippen LogP contribution in [0.3, 0.4) is 0 Å². The van der Waals surface area contributed by atoms with Gasteiger partial charge in [-0.15, -0.1) is 0 Å². The molecule has 33 heavy (non-hydrogen) atoms. The highest BCUT2D eigenvalue weighted by Gasteiger charge is 2.33. The maximum absolute atomic E-state index is 13.3. The minimum absolute atomic E-state index is 0.124. The highest BCUT2D eigenvalue weighted by atomic mass is 19.1. The SMILES string of the molecule is CC(=O)N[C@H](Cc1ccc(F)cc1)C(=O)N[C@H](C(N)=O)C(c1ccccc1)c1ccccc1. The number of halogens is 1. The summed E-state index contributed by atoms with van der Waals surface area (Å²) in [5.74, 6) is -2.60. The Hall–Kier alpha value is -4.00. The second-order valence-electron chi connectivity index (χ2n) is 7.77. The Morgan fingerprint density at radius 3 is 1.79 bits per heavy atom. The van der Waals surface area contributed by atoms with Crippen LogP contribution in [-0.4, -0.2) is 29.8 Å². The first kappa shape index (κ1) is 23.7. The predicted octanol–water partition coefficient (Wildman–Crippen LogP) is 2.68. The number of hydrogen-bond acceptors (Lipinski definition) is 3. The number of hydrogen-bond donors (Lipinski definition) is 3. The van der Waals surface area contributed by atoms with Gasteiger partial charge in [0, 0.05) is 19.3 Å². The lowest BCUT2D eigenvalue weighted by molar-refractivity contribution is -0.131. The highest BCUT2D eigenvalue weighted by Crippen LogP contribution is 2.28. The third-order valence-electron chi connectivity index (χ3n) is 5.30. The van der Waals surface area contributed by atoms with Gasteiger partial charge in [0.1, 0.15) is 17.9 Å². The van der Waals surface area contributed by atoms with Gasteiger partial charge in [0.2, 0.25) is 17.7 Å². The molecule has 0 aromatic heterocycles. The Labute approximate surface area is 192 Å². The summed E-state index contributed by atoms with van der Waals surface area (Å²) in [5.41, 5.74) is 8.02. The Morgan fingerprint density at radius 2 is 1.33 bits per heavy atom. The van der Waals surface area contributed by atoms with E-state index in [0.29, 0.717) is 5.56 Å². The van der Waals surface area contributed by atoms with E-state index in [1.54, 1.807) is 12.1 Å². The van der Waals surface area contributed by atoms with E-state index in [2.05, 4.69) is 10.6 Å². The molecule has 0 bridgehead atoms. The molecule has 3 rings (SSSR count). The molecule has 4 N–H and O–H groups in total. The zero-order chi connectivity index (χ0) is 23.8. The van der Waals surface area contributed by atoms with Crippen LogP contribution < -0.4 is 16.4 Å². The third kappa shape index (κ3) is 6.49. The average Bonchev–Trinajstić information content (AvgIpc) is 2.80. The lowest BCUT2D eigenvalue weighted by Gasteiger charge is -2.28. The summed E-state index contributed by atoms with van der Waals surface area (Å²) in [4.78, 5) is 37.5. The number of carbonyl (C=O) groups is 3. The molecule has 7 heteroatoms. The van der Waals surface area contributed by atoms with E-state index in [-0.39, 0.29) is 6.42 Å². The van der Waals surface area contributed by atoms with Crippen LogP contribution in [0.1, 0.15) is 29.5 Å². The van der Waals surface area contributed by atoms with Crippen LogP contribution in [0.25, 0.3) is 0 Å². The van der Waals surface area contributed by atoms with Crippen LogP contribution in [0, 0.1) is 5.82 Å². The maximum atomic E-state index is 13.3. The highest BCUT2D eigenvalue weighted by molar-refractivity contribution is 5.92. The molecular formula is C26H26FN3O3. The van der Waals surface area contributed by atoms with Gasteiger partial charge < -0.3 is 16.4 Å². The van der Waals surface area contributed by atoms with Crippen molar-refractivity contribution in [2.24, 2.45) is 5.73 Å². The van der Waals surface area contributed by atoms with Crippen molar-refractivity contribution in [3.8, 4) is 0 Å². The Kier molecular flexibility index (Phi) is 7.91. The summed E-state index contributed by atoms with van der Waals surface area (Å²) in [6.45, 7) is 1.30. The van der Waals surface area contributed by atoms with E-state index in [9.17, 15) is 18.8 Å². The average molecular weight is 448 g/mol. The topological polar surface area (TPSA) is 101 Å². The van der Waals surface area contributed by atoms with Gasteiger partial charge in [-0.1, -0.05) is 72.8 Å². The molecule has 0 saturated carbocycles. The van der Waals surface area contributed by atoms with Gasteiger partial charge in [-0.2, -0.15) is 0 Å². The van der Waals surface area contributed by atoms with Gasteiger partial charge in [-0.25, -0.2) is 4.39 Å². The summed E-state index contributed by atoms with van der Waals surface area (Å²) < 4.78 is 13.3. The number of amides is 3. The molecule has 0 heterocycles. The van der Waals surface area contributed by atoms with Gasteiger partial charge in [-0.05, 0) is 28.8 Å². The molecule has 0 aliphatic heterocycles. The van der Waals surface area contributed by atoms with Crippen LogP contribution in [0.4, 0.5) is 4.39 Å². The van der Waals surface area contributed by atoms with Crippen molar-refractivity contribution in [2.75, 3.05) is 0 Å². The molecule has 0 unspecified atom stereocenters. The normalized spacial score (nSPS) is 12.6. The molecule has 3 aromatic carbocycles. The van der Waals surface area contributed by atoms with E-state index in [0.717, 1.165) is 11.1 Å². The standard InChI is InChI=1S/C26H26FN3O3/c1-17(31)29-22(16-18-12-14-21(27)15-13-18)26(33)30-24(25(28)32)23(19-8-4-2-5-9-19)20-10-6-3-7-11-20/h2-15,22-24H,16H2,1H3,(H2,28,32)(H,29,31)(H,30,33)/t22-,24+/m1/s1. The molecule has 3 amide bonds. The summed E-state index contributed by atoms with van der Waals surface area (Å²) in [6, 6.07) is 22.2. The summed E-state index contributed by atoms with van der Waals surface area (Å²) in [5, 5.41) is 5.36. The second-order valence-corrected chi connectivity index (χ2v) is 7.77. The molecule has 6 nitrogen and oxygen atoms in total. The van der Waals surface area contributed by atoms with Crippen molar-refractivity contribution in [1.29, 1.82) is 0 Å². The number of rotatable bonds is 9. The first-order valence-corrected chi connectivity index (χ1v) is 10.6. The smallest absolute Gasteiger partial charge is 0.243 e. The second kappa shape index (κ2) is 11.0. The van der Waals surface area contributed by atoms with Gasteiger partial charge in [0.05, 0.1) is 0 Å². The maximum Gasteiger partial charge on any atom is 0.243 e. The van der Waals surface area contributed by atoms with Gasteiger partial charge in [0.15, 0.2) is 0 Å². The van der Waals surface area contributed by atoms with Crippen molar-refractivity contribution in [2.45, 2.75) is 31.3 Å². The van der Waals surface area contributed by atoms with E-state index < -0.39 is 41.5 Å². The monoisotopic (exact) mass is 447 g/mol. The molecule has 0 spiro atoms. The molecular weight excluding hydrogens is 421 g/mol. The van der Waals surface area contributed by atoms with E-state index in [1.165, 1.54) is 19.1 Å². The van der Waals surface area contributed by atoms with E-state index in [4.69, 9.17) is 5.73 Å². The third-order valence-corrected chi connectivity index (χ3v) is 5.30. The largest absolute Gasteiger partial charge is 0.368 e. The van der Waals surface area contributed by atoms with Gasteiger partial charge >= 0.3 is 0 Å². The molecule has 0 saturated heterocycles. The quantitative estimate of drug-likeness (QED) is 0.470. The number of nitrogens with two attached hydrogens (primary N) is 1. The number of nitrogens with one attached hydrogen (secondary N) is 2. The predicted molar refractivity (Wildman–Crippen MR) is 124 cm³/mol. The molecule has 170 valence electrons. The van der Waals surface area contributed by atoms with Crippen molar-refractivity contribution in [3.63, 3.8) is 0 Å². The van der Waals surface area contributed by atoms with Crippen LogP contribution in [0.2, 0.25) is 0 Å². The van der Waals surface area contributed by atoms with E-state index >= 15 is 0 Å². The molecule has 0 aliphatic rings. The molecule has 3 aromatic rings. The molecule has 0 radical (unpaired) electrons. The molecule has 0 aliphatic carbocycles. The molecule has 2 atom stereocenters. The minimum atomic E-state index is -1.06. The first-order valence-electron chi connectivity index (χ1n) is 10.6. The first-order chi connectivity index (χ1) is 15.8.